The molecule has 2 heterocycles. The van der Waals surface area contributed by atoms with Crippen molar-refractivity contribution >= 4 is 0 Å². The summed E-state index contributed by atoms with van der Waals surface area (Å²) in [7, 11) is 1.84. The molecule has 0 bridgehead atoms. The minimum Gasteiger partial charge on any atom is -0.255 e. The fourth-order valence-electron chi connectivity index (χ4n) is 1.11. The van der Waals surface area contributed by atoms with Gasteiger partial charge in [-0.25, -0.2) is 4.68 Å². The van der Waals surface area contributed by atoms with Crippen molar-refractivity contribution in [1.29, 1.82) is 0 Å². The zero-order valence-corrected chi connectivity index (χ0v) is 7.55. The topological polar surface area (TPSA) is 61.4 Å². The largest absolute Gasteiger partial charge is 0.255 e. The Morgan fingerprint density at radius 1 is 1.23 bits per heavy atom. The molecule has 0 aliphatic heterocycles. The van der Waals surface area contributed by atoms with E-state index in [4.69, 9.17) is 0 Å². The van der Waals surface area contributed by atoms with Gasteiger partial charge < -0.3 is 0 Å². The van der Waals surface area contributed by atoms with Crippen LogP contribution >= 0.6 is 0 Å². The summed E-state index contributed by atoms with van der Waals surface area (Å²) in [5, 5.41) is 15.6. The lowest BCUT2D eigenvalue weighted by Gasteiger charge is -1.92. The molecule has 0 N–H and O–H groups in total. The van der Waals surface area contributed by atoms with Gasteiger partial charge in [-0.05, 0) is 6.92 Å². The van der Waals surface area contributed by atoms with E-state index in [1.165, 1.54) is 0 Å². The van der Waals surface area contributed by atoms with Crippen LogP contribution in [0, 0.1) is 6.92 Å². The van der Waals surface area contributed by atoms with Crippen molar-refractivity contribution in [3.63, 3.8) is 0 Å². The summed E-state index contributed by atoms with van der Waals surface area (Å²) in [6, 6.07) is 0. The van der Waals surface area contributed by atoms with Crippen LogP contribution in [0.25, 0.3) is 0 Å². The highest BCUT2D eigenvalue weighted by Gasteiger charge is 2.00. The molecule has 0 atom stereocenters. The fourth-order valence-corrected chi connectivity index (χ4v) is 1.11. The molecule has 2 rings (SSSR count). The summed E-state index contributed by atoms with van der Waals surface area (Å²) >= 11 is 0. The van der Waals surface area contributed by atoms with Crippen molar-refractivity contribution in [3.05, 3.63) is 23.8 Å². The van der Waals surface area contributed by atoms with Gasteiger partial charge in [0.2, 0.25) is 0 Å². The minimum absolute atomic E-state index is 0.620. The molecule has 0 radical (unpaired) electrons. The molecule has 0 amide bonds. The first kappa shape index (κ1) is 7.90. The van der Waals surface area contributed by atoms with Crippen molar-refractivity contribution in [3.8, 4) is 0 Å². The predicted molar refractivity (Wildman–Crippen MR) is 44.9 cm³/mol. The monoisotopic (exact) mass is 178 g/mol. The fraction of sp³-hybridized carbons (Fsp3) is 0.429. The van der Waals surface area contributed by atoms with Crippen LogP contribution in [0.3, 0.4) is 0 Å². The standard InChI is InChI=1S/C7H10N6/c1-6-3-13(11-8-6)5-7-4-12(2)10-9-7/h3-4H,5H2,1-2H3. The normalized spacial score (nSPS) is 10.6. The Labute approximate surface area is 75.2 Å². The second-order valence-corrected chi connectivity index (χ2v) is 2.94. The summed E-state index contributed by atoms with van der Waals surface area (Å²) in [6.07, 6.45) is 3.73. The Hall–Kier alpha value is -1.72. The molecule has 0 aromatic carbocycles. The molecular weight excluding hydrogens is 168 g/mol. The summed E-state index contributed by atoms with van der Waals surface area (Å²) in [5.74, 6) is 0. The average molecular weight is 178 g/mol. The van der Waals surface area contributed by atoms with Crippen molar-refractivity contribution in [2.45, 2.75) is 13.5 Å². The first-order chi connectivity index (χ1) is 6.24. The summed E-state index contributed by atoms with van der Waals surface area (Å²) in [5.41, 5.74) is 1.79. The van der Waals surface area contributed by atoms with Crippen LogP contribution in [0.15, 0.2) is 12.4 Å². The molecule has 68 valence electrons. The Bertz CT molecular complexity index is 362. The summed E-state index contributed by atoms with van der Waals surface area (Å²) < 4.78 is 3.40. The van der Waals surface area contributed by atoms with E-state index in [9.17, 15) is 0 Å². The number of hydrogen-bond donors (Lipinski definition) is 0. The molecule has 2 aromatic heterocycles. The highest BCUT2D eigenvalue weighted by molar-refractivity contribution is 4.95. The smallest absolute Gasteiger partial charge is 0.104 e. The lowest BCUT2D eigenvalue weighted by atomic mass is 10.5. The zero-order valence-electron chi connectivity index (χ0n) is 7.55. The molecule has 0 aliphatic carbocycles. The van der Waals surface area contributed by atoms with Crippen LogP contribution in [-0.2, 0) is 13.6 Å². The van der Waals surface area contributed by atoms with Gasteiger partial charge in [0.25, 0.3) is 0 Å². The maximum atomic E-state index is 3.94. The number of rotatable bonds is 2. The van der Waals surface area contributed by atoms with E-state index in [-0.39, 0.29) is 0 Å². The third-order valence-corrected chi connectivity index (χ3v) is 1.63. The van der Waals surface area contributed by atoms with E-state index in [0.29, 0.717) is 6.54 Å². The summed E-state index contributed by atoms with van der Waals surface area (Å²) in [6.45, 7) is 2.52. The van der Waals surface area contributed by atoms with Gasteiger partial charge in [0.1, 0.15) is 5.69 Å². The van der Waals surface area contributed by atoms with Crippen LogP contribution in [-0.4, -0.2) is 30.0 Å². The van der Waals surface area contributed by atoms with Crippen molar-refractivity contribution in [1.82, 2.24) is 30.0 Å². The highest BCUT2D eigenvalue weighted by Crippen LogP contribution is 1.96. The SMILES string of the molecule is Cc1cn(Cc2cn(C)nn2)nn1. The molecule has 13 heavy (non-hydrogen) atoms. The Balaban J connectivity index is 2.14. The van der Waals surface area contributed by atoms with Gasteiger partial charge in [0, 0.05) is 19.4 Å². The Morgan fingerprint density at radius 2 is 2.08 bits per heavy atom. The van der Waals surface area contributed by atoms with E-state index in [1.54, 1.807) is 9.36 Å². The van der Waals surface area contributed by atoms with Crippen LogP contribution in [0.1, 0.15) is 11.4 Å². The van der Waals surface area contributed by atoms with Gasteiger partial charge >= 0.3 is 0 Å². The second-order valence-electron chi connectivity index (χ2n) is 2.94. The van der Waals surface area contributed by atoms with Crippen LogP contribution < -0.4 is 0 Å². The molecule has 0 saturated heterocycles. The van der Waals surface area contributed by atoms with Gasteiger partial charge in [-0.15, -0.1) is 10.2 Å². The third-order valence-electron chi connectivity index (χ3n) is 1.63. The first-order valence-corrected chi connectivity index (χ1v) is 3.96. The third kappa shape index (κ3) is 1.71. The Morgan fingerprint density at radius 3 is 2.62 bits per heavy atom. The molecule has 2 aromatic rings. The molecule has 6 heteroatoms. The highest BCUT2D eigenvalue weighted by atomic mass is 15.4. The lowest BCUT2D eigenvalue weighted by molar-refractivity contribution is 0.636. The van der Waals surface area contributed by atoms with Crippen molar-refractivity contribution < 1.29 is 0 Å². The molecule has 0 unspecified atom stereocenters. The number of aromatic nitrogens is 6. The molecule has 0 fully saturated rings. The van der Waals surface area contributed by atoms with Gasteiger partial charge in [-0.1, -0.05) is 10.4 Å². The molecular formula is C7H10N6. The predicted octanol–water partition coefficient (Wildman–Crippen LogP) is -0.237. The minimum atomic E-state index is 0.620. The first-order valence-electron chi connectivity index (χ1n) is 3.96. The molecule has 6 nitrogen and oxygen atoms in total. The maximum Gasteiger partial charge on any atom is 0.104 e. The van der Waals surface area contributed by atoms with Gasteiger partial charge in [0.15, 0.2) is 0 Å². The van der Waals surface area contributed by atoms with E-state index in [1.807, 2.05) is 26.4 Å². The van der Waals surface area contributed by atoms with Crippen molar-refractivity contribution in [2.24, 2.45) is 7.05 Å². The number of hydrogen-bond acceptors (Lipinski definition) is 4. The van der Waals surface area contributed by atoms with Gasteiger partial charge in [0.05, 0.1) is 12.2 Å². The van der Waals surface area contributed by atoms with Gasteiger partial charge in [-0.2, -0.15) is 0 Å². The number of nitrogens with zero attached hydrogens (tertiary/aromatic N) is 6. The zero-order chi connectivity index (χ0) is 9.26. The Kier molecular flexibility index (Phi) is 1.80. The second kappa shape index (κ2) is 2.96. The van der Waals surface area contributed by atoms with E-state index in [2.05, 4.69) is 20.6 Å². The molecule has 0 saturated carbocycles. The van der Waals surface area contributed by atoms with Crippen LogP contribution in [0.2, 0.25) is 0 Å². The lowest BCUT2D eigenvalue weighted by Crippen LogP contribution is -2.00. The van der Waals surface area contributed by atoms with Crippen LogP contribution in [0.4, 0.5) is 0 Å². The summed E-state index contributed by atoms with van der Waals surface area (Å²) in [4.78, 5) is 0. The average Bonchev–Trinajstić information content (AvgIpc) is 2.62. The quantitative estimate of drug-likeness (QED) is 0.637. The van der Waals surface area contributed by atoms with Crippen LogP contribution in [0.5, 0.6) is 0 Å². The van der Waals surface area contributed by atoms with E-state index in [0.717, 1.165) is 11.4 Å². The molecule has 0 spiro atoms. The van der Waals surface area contributed by atoms with Gasteiger partial charge in [-0.3, -0.25) is 4.68 Å². The molecule has 0 aliphatic rings. The van der Waals surface area contributed by atoms with E-state index < -0.39 is 0 Å². The van der Waals surface area contributed by atoms with Crippen molar-refractivity contribution in [2.75, 3.05) is 0 Å². The van der Waals surface area contributed by atoms with E-state index >= 15 is 0 Å². The number of aryl methyl sites for hydroxylation is 2. The maximum absolute atomic E-state index is 3.94.